The minimum atomic E-state index is -0.156. The molecule has 0 atom stereocenters. The van der Waals surface area contributed by atoms with Crippen molar-refractivity contribution in [1.82, 2.24) is 4.90 Å². The number of benzene rings is 1. The van der Waals surface area contributed by atoms with Crippen LogP contribution in [0.15, 0.2) is 22.7 Å². The standard InChI is InChI=1S/C12H15BrFN/c13-11-6-10(7-12(14)8-11)9-15-4-2-1-3-5-15/h6-8H,1-5,9H2. The second-order valence-electron chi connectivity index (χ2n) is 4.11. The van der Waals surface area contributed by atoms with Gasteiger partial charge in [0.15, 0.2) is 0 Å². The summed E-state index contributed by atoms with van der Waals surface area (Å²) in [6.45, 7) is 3.17. The molecule has 1 heterocycles. The second-order valence-corrected chi connectivity index (χ2v) is 5.03. The number of piperidine rings is 1. The molecule has 0 amide bonds. The average molecular weight is 272 g/mol. The van der Waals surface area contributed by atoms with Gasteiger partial charge in [-0.25, -0.2) is 4.39 Å². The molecule has 1 aromatic rings. The van der Waals surface area contributed by atoms with Crippen molar-refractivity contribution < 1.29 is 4.39 Å². The lowest BCUT2D eigenvalue weighted by atomic mass is 10.1. The van der Waals surface area contributed by atoms with Gasteiger partial charge in [0, 0.05) is 11.0 Å². The van der Waals surface area contributed by atoms with Crippen LogP contribution in [0.5, 0.6) is 0 Å². The van der Waals surface area contributed by atoms with Crippen LogP contribution in [-0.4, -0.2) is 18.0 Å². The molecular formula is C12H15BrFN. The van der Waals surface area contributed by atoms with Gasteiger partial charge in [0.1, 0.15) is 5.82 Å². The summed E-state index contributed by atoms with van der Waals surface area (Å²) in [5.74, 6) is -0.156. The largest absolute Gasteiger partial charge is 0.299 e. The van der Waals surface area contributed by atoms with Gasteiger partial charge < -0.3 is 0 Å². The summed E-state index contributed by atoms with van der Waals surface area (Å²) >= 11 is 3.32. The van der Waals surface area contributed by atoms with E-state index in [2.05, 4.69) is 20.8 Å². The van der Waals surface area contributed by atoms with Gasteiger partial charge in [-0.15, -0.1) is 0 Å². The van der Waals surface area contributed by atoms with E-state index in [9.17, 15) is 4.39 Å². The maximum atomic E-state index is 13.1. The third kappa shape index (κ3) is 3.28. The number of likely N-dealkylation sites (tertiary alicyclic amines) is 1. The first kappa shape index (κ1) is 11.1. The third-order valence-electron chi connectivity index (χ3n) is 2.78. The van der Waals surface area contributed by atoms with Crippen LogP contribution in [0.25, 0.3) is 0 Å². The Labute approximate surface area is 98.4 Å². The molecule has 0 bridgehead atoms. The Morgan fingerprint density at radius 1 is 1.13 bits per heavy atom. The van der Waals surface area contributed by atoms with E-state index in [4.69, 9.17) is 0 Å². The van der Waals surface area contributed by atoms with Crippen molar-refractivity contribution in [2.45, 2.75) is 25.8 Å². The highest BCUT2D eigenvalue weighted by Gasteiger charge is 2.10. The van der Waals surface area contributed by atoms with Crippen LogP contribution < -0.4 is 0 Å². The van der Waals surface area contributed by atoms with Crippen LogP contribution in [0.1, 0.15) is 24.8 Å². The number of hydrogen-bond donors (Lipinski definition) is 0. The van der Waals surface area contributed by atoms with Crippen molar-refractivity contribution in [2.75, 3.05) is 13.1 Å². The highest BCUT2D eigenvalue weighted by molar-refractivity contribution is 9.10. The zero-order valence-corrected chi connectivity index (χ0v) is 10.3. The fourth-order valence-electron chi connectivity index (χ4n) is 2.08. The van der Waals surface area contributed by atoms with Gasteiger partial charge in [0.05, 0.1) is 0 Å². The van der Waals surface area contributed by atoms with E-state index in [1.165, 1.54) is 25.3 Å². The van der Waals surface area contributed by atoms with Gasteiger partial charge >= 0.3 is 0 Å². The minimum absolute atomic E-state index is 0.156. The minimum Gasteiger partial charge on any atom is -0.299 e. The van der Waals surface area contributed by atoms with Crippen LogP contribution in [0.2, 0.25) is 0 Å². The van der Waals surface area contributed by atoms with Crippen molar-refractivity contribution in [2.24, 2.45) is 0 Å². The molecule has 1 saturated heterocycles. The monoisotopic (exact) mass is 271 g/mol. The number of halogens is 2. The first-order chi connectivity index (χ1) is 7.24. The average Bonchev–Trinajstić information content (AvgIpc) is 2.17. The lowest BCUT2D eigenvalue weighted by molar-refractivity contribution is 0.220. The molecule has 0 aromatic heterocycles. The summed E-state index contributed by atoms with van der Waals surface area (Å²) in [7, 11) is 0. The molecule has 0 saturated carbocycles. The summed E-state index contributed by atoms with van der Waals surface area (Å²) in [6.07, 6.45) is 3.89. The lowest BCUT2D eigenvalue weighted by Gasteiger charge is -2.26. The predicted octanol–water partition coefficient (Wildman–Crippen LogP) is 3.57. The van der Waals surface area contributed by atoms with Gasteiger partial charge in [-0.3, -0.25) is 4.90 Å². The quantitative estimate of drug-likeness (QED) is 0.795. The molecule has 1 aliphatic heterocycles. The third-order valence-corrected chi connectivity index (χ3v) is 3.24. The normalized spacial score (nSPS) is 18.0. The lowest BCUT2D eigenvalue weighted by Crippen LogP contribution is -2.29. The molecule has 3 heteroatoms. The fourth-order valence-corrected chi connectivity index (χ4v) is 2.59. The van der Waals surface area contributed by atoms with E-state index in [-0.39, 0.29) is 5.82 Å². The Kier molecular flexibility index (Phi) is 3.76. The van der Waals surface area contributed by atoms with E-state index >= 15 is 0 Å². The number of hydrogen-bond acceptors (Lipinski definition) is 1. The van der Waals surface area contributed by atoms with Gasteiger partial charge in [-0.2, -0.15) is 0 Å². The Bertz CT molecular complexity index is 314. The molecular weight excluding hydrogens is 257 g/mol. The van der Waals surface area contributed by atoms with Crippen LogP contribution in [0.4, 0.5) is 4.39 Å². The van der Waals surface area contributed by atoms with Crippen molar-refractivity contribution in [3.05, 3.63) is 34.1 Å². The molecule has 82 valence electrons. The zero-order valence-electron chi connectivity index (χ0n) is 8.68. The van der Waals surface area contributed by atoms with Crippen LogP contribution >= 0.6 is 15.9 Å². The Morgan fingerprint density at radius 2 is 1.87 bits per heavy atom. The van der Waals surface area contributed by atoms with E-state index in [0.717, 1.165) is 29.7 Å². The number of rotatable bonds is 2. The Hall–Kier alpha value is -0.410. The van der Waals surface area contributed by atoms with E-state index < -0.39 is 0 Å². The summed E-state index contributed by atoms with van der Waals surface area (Å²) < 4.78 is 14.0. The molecule has 15 heavy (non-hydrogen) atoms. The second kappa shape index (κ2) is 5.08. The number of nitrogens with zero attached hydrogens (tertiary/aromatic N) is 1. The molecule has 1 fully saturated rings. The maximum absolute atomic E-state index is 13.1. The van der Waals surface area contributed by atoms with Crippen molar-refractivity contribution in [1.29, 1.82) is 0 Å². The van der Waals surface area contributed by atoms with Gasteiger partial charge in [0.2, 0.25) is 0 Å². The van der Waals surface area contributed by atoms with Gasteiger partial charge in [0.25, 0.3) is 0 Å². The highest BCUT2D eigenvalue weighted by atomic mass is 79.9. The molecule has 0 radical (unpaired) electrons. The van der Waals surface area contributed by atoms with E-state index in [0.29, 0.717) is 0 Å². The van der Waals surface area contributed by atoms with E-state index in [1.807, 2.05) is 6.07 Å². The molecule has 0 aliphatic carbocycles. The molecule has 0 unspecified atom stereocenters. The van der Waals surface area contributed by atoms with Crippen molar-refractivity contribution >= 4 is 15.9 Å². The summed E-state index contributed by atoms with van der Waals surface area (Å²) in [5.41, 5.74) is 1.06. The van der Waals surface area contributed by atoms with Gasteiger partial charge in [-0.1, -0.05) is 22.4 Å². The molecule has 1 aromatic carbocycles. The van der Waals surface area contributed by atoms with Crippen LogP contribution in [0.3, 0.4) is 0 Å². The smallest absolute Gasteiger partial charge is 0.124 e. The van der Waals surface area contributed by atoms with Crippen LogP contribution in [-0.2, 0) is 6.54 Å². The first-order valence-electron chi connectivity index (χ1n) is 5.41. The molecule has 1 nitrogen and oxygen atoms in total. The first-order valence-corrected chi connectivity index (χ1v) is 6.21. The van der Waals surface area contributed by atoms with Crippen molar-refractivity contribution in [3.63, 3.8) is 0 Å². The SMILES string of the molecule is Fc1cc(Br)cc(CN2CCCCC2)c1. The molecule has 2 rings (SSSR count). The summed E-state index contributed by atoms with van der Waals surface area (Å²) in [6, 6.07) is 5.12. The van der Waals surface area contributed by atoms with Crippen molar-refractivity contribution in [3.8, 4) is 0 Å². The highest BCUT2D eigenvalue weighted by Crippen LogP contribution is 2.18. The molecule has 0 N–H and O–H groups in total. The zero-order chi connectivity index (χ0) is 10.7. The fraction of sp³-hybridized carbons (Fsp3) is 0.500. The Morgan fingerprint density at radius 3 is 2.53 bits per heavy atom. The predicted molar refractivity (Wildman–Crippen MR) is 63.2 cm³/mol. The molecule has 1 aliphatic rings. The summed E-state index contributed by atoms with van der Waals surface area (Å²) in [5, 5.41) is 0. The van der Waals surface area contributed by atoms with E-state index in [1.54, 1.807) is 6.07 Å². The summed E-state index contributed by atoms with van der Waals surface area (Å²) in [4.78, 5) is 2.39. The molecule has 0 spiro atoms. The maximum Gasteiger partial charge on any atom is 0.124 e. The topological polar surface area (TPSA) is 3.24 Å². The van der Waals surface area contributed by atoms with Gasteiger partial charge in [-0.05, 0) is 49.7 Å². The Balaban J connectivity index is 2.02. The van der Waals surface area contributed by atoms with Crippen LogP contribution in [0, 0.1) is 5.82 Å².